The smallest absolute Gasteiger partial charge is 0.330 e. The predicted octanol–water partition coefficient (Wildman–Crippen LogP) is 2.61. The number of nitrogens with two attached hydrogens (primary N) is 2. The average Bonchev–Trinajstić information content (AvgIpc) is 2.91. The molecule has 4 rings (SSSR count). The Bertz CT molecular complexity index is 1610. The predicted molar refractivity (Wildman–Crippen MR) is 151 cm³/mol. The van der Waals surface area contributed by atoms with Crippen molar-refractivity contribution in [3.8, 4) is 22.8 Å². The molecule has 2 heterocycles. The SMILES string of the molecule is CCOc1cc2c(cc1OC)-c1cc(=Nc3c(C)cc(C)cc3C)n(CCNC(=O)/C(N)=C(/N)F)c(=O)n1CC2. The number of ether oxygens (including phenoxy) is 2. The molecule has 212 valence electrons. The van der Waals surface area contributed by atoms with Crippen LogP contribution >= 0.6 is 0 Å². The minimum absolute atomic E-state index is 0.00255. The number of nitrogens with zero attached hydrogens (tertiary/aromatic N) is 3. The molecule has 11 heteroatoms. The molecule has 3 aromatic rings. The van der Waals surface area contributed by atoms with E-state index in [1.54, 1.807) is 11.7 Å². The number of benzene rings is 2. The summed E-state index contributed by atoms with van der Waals surface area (Å²) in [5, 5.41) is 2.51. The van der Waals surface area contributed by atoms with Crippen LogP contribution in [0.25, 0.3) is 11.3 Å². The van der Waals surface area contributed by atoms with E-state index >= 15 is 0 Å². The van der Waals surface area contributed by atoms with Gasteiger partial charge in [0.2, 0.25) is 5.95 Å². The largest absolute Gasteiger partial charge is 0.493 e. The van der Waals surface area contributed by atoms with Gasteiger partial charge in [-0.1, -0.05) is 17.7 Å². The first kappa shape index (κ1) is 28.5. The fraction of sp³-hybridized carbons (Fsp3) is 0.345. The van der Waals surface area contributed by atoms with Crippen molar-refractivity contribution in [2.45, 2.75) is 47.2 Å². The molecule has 1 aliphatic heterocycles. The third-order valence-electron chi connectivity index (χ3n) is 6.85. The second-order valence-electron chi connectivity index (χ2n) is 9.69. The first-order valence-corrected chi connectivity index (χ1v) is 13.1. The molecule has 0 radical (unpaired) electrons. The molecule has 5 N–H and O–H groups in total. The average molecular weight is 551 g/mol. The second-order valence-corrected chi connectivity index (χ2v) is 9.69. The van der Waals surface area contributed by atoms with Crippen LogP contribution in [-0.2, 0) is 24.3 Å². The highest BCUT2D eigenvalue weighted by Gasteiger charge is 2.23. The summed E-state index contributed by atoms with van der Waals surface area (Å²) in [6.45, 7) is 8.90. The lowest BCUT2D eigenvalue weighted by Gasteiger charge is -2.25. The van der Waals surface area contributed by atoms with Crippen LogP contribution in [0.2, 0.25) is 0 Å². The number of amides is 1. The highest BCUT2D eigenvalue weighted by atomic mass is 19.1. The summed E-state index contributed by atoms with van der Waals surface area (Å²) in [6.07, 6.45) is 0.618. The van der Waals surface area contributed by atoms with Crippen LogP contribution in [0.5, 0.6) is 11.5 Å². The fourth-order valence-electron chi connectivity index (χ4n) is 5.02. The van der Waals surface area contributed by atoms with Gasteiger partial charge in [0.25, 0.3) is 5.91 Å². The molecule has 0 fully saturated rings. The van der Waals surface area contributed by atoms with Crippen LogP contribution in [0, 0.1) is 20.8 Å². The van der Waals surface area contributed by atoms with Gasteiger partial charge in [0.15, 0.2) is 17.2 Å². The van der Waals surface area contributed by atoms with Crippen LogP contribution in [0.1, 0.15) is 29.2 Å². The van der Waals surface area contributed by atoms with Gasteiger partial charge in [-0.15, -0.1) is 0 Å². The molecule has 2 aromatic carbocycles. The Morgan fingerprint density at radius 3 is 2.42 bits per heavy atom. The Labute approximate surface area is 231 Å². The normalized spacial score (nSPS) is 13.3. The first-order chi connectivity index (χ1) is 19.0. The maximum Gasteiger partial charge on any atom is 0.330 e. The van der Waals surface area contributed by atoms with E-state index in [-0.39, 0.29) is 18.8 Å². The van der Waals surface area contributed by atoms with Crippen LogP contribution in [0.4, 0.5) is 10.1 Å². The summed E-state index contributed by atoms with van der Waals surface area (Å²) in [6, 6.07) is 9.79. The highest BCUT2D eigenvalue weighted by molar-refractivity contribution is 5.92. The lowest BCUT2D eigenvalue weighted by atomic mass is 9.97. The molecule has 1 aromatic heterocycles. The Kier molecular flexibility index (Phi) is 8.32. The van der Waals surface area contributed by atoms with Crippen molar-refractivity contribution in [2.24, 2.45) is 16.5 Å². The van der Waals surface area contributed by atoms with Crippen LogP contribution < -0.4 is 37.4 Å². The summed E-state index contributed by atoms with van der Waals surface area (Å²) in [5.74, 6) is -0.892. The number of aryl methyl sites for hydroxylation is 4. The summed E-state index contributed by atoms with van der Waals surface area (Å²) < 4.78 is 27.7. The summed E-state index contributed by atoms with van der Waals surface area (Å²) in [7, 11) is 1.58. The van der Waals surface area contributed by atoms with Crippen LogP contribution in [-0.4, -0.2) is 35.3 Å². The van der Waals surface area contributed by atoms with Gasteiger partial charge in [-0.3, -0.25) is 13.9 Å². The van der Waals surface area contributed by atoms with Gasteiger partial charge < -0.3 is 26.3 Å². The molecule has 0 bridgehead atoms. The van der Waals surface area contributed by atoms with Gasteiger partial charge in [-0.25, -0.2) is 9.79 Å². The van der Waals surface area contributed by atoms with Gasteiger partial charge in [0.05, 0.1) is 25.1 Å². The van der Waals surface area contributed by atoms with Crippen molar-refractivity contribution in [3.63, 3.8) is 0 Å². The molecule has 10 nitrogen and oxygen atoms in total. The number of rotatable bonds is 8. The van der Waals surface area contributed by atoms with Crippen molar-refractivity contribution < 1.29 is 18.7 Å². The Balaban J connectivity index is 1.89. The van der Waals surface area contributed by atoms with Crippen molar-refractivity contribution in [3.05, 3.63) is 80.2 Å². The lowest BCUT2D eigenvalue weighted by molar-refractivity contribution is -0.117. The number of hydrogen-bond donors (Lipinski definition) is 3. The summed E-state index contributed by atoms with van der Waals surface area (Å²) in [4.78, 5) is 30.9. The number of hydrogen-bond acceptors (Lipinski definition) is 7. The van der Waals surface area contributed by atoms with Crippen molar-refractivity contribution in [1.82, 2.24) is 14.5 Å². The molecule has 0 unspecified atom stereocenters. The highest BCUT2D eigenvalue weighted by Crippen LogP contribution is 2.37. The maximum absolute atomic E-state index is 13.9. The monoisotopic (exact) mass is 550 g/mol. The van der Waals surface area contributed by atoms with E-state index in [9.17, 15) is 14.0 Å². The molecule has 0 saturated carbocycles. The summed E-state index contributed by atoms with van der Waals surface area (Å²) >= 11 is 0. The third-order valence-corrected chi connectivity index (χ3v) is 6.85. The Morgan fingerprint density at radius 1 is 1.10 bits per heavy atom. The molecule has 0 spiro atoms. The van der Waals surface area contributed by atoms with Crippen LogP contribution in [0.3, 0.4) is 0 Å². The van der Waals surface area contributed by atoms with Gasteiger partial charge in [-0.2, -0.15) is 4.39 Å². The fourth-order valence-corrected chi connectivity index (χ4v) is 5.02. The van der Waals surface area contributed by atoms with Gasteiger partial charge in [0.1, 0.15) is 5.49 Å². The molecule has 40 heavy (non-hydrogen) atoms. The van der Waals surface area contributed by atoms with E-state index < -0.39 is 17.6 Å². The molecule has 0 atom stereocenters. The quantitative estimate of drug-likeness (QED) is 0.291. The topological polar surface area (TPSA) is 139 Å². The van der Waals surface area contributed by atoms with E-state index in [1.165, 1.54) is 4.57 Å². The van der Waals surface area contributed by atoms with Crippen molar-refractivity contribution in [2.75, 3.05) is 20.3 Å². The number of carbonyl (C=O) groups excluding carboxylic acids is 1. The zero-order chi connectivity index (χ0) is 29.1. The molecule has 0 saturated heterocycles. The Hall–Kier alpha value is -4.54. The number of aromatic nitrogens is 2. The maximum atomic E-state index is 13.9. The second kappa shape index (κ2) is 11.7. The van der Waals surface area contributed by atoms with Gasteiger partial charge in [0, 0.05) is 31.3 Å². The van der Waals surface area contributed by atoms with E-state index in [1.807, 2.05) is 58.0 Å². The number of carbonyl (C=O) groups is 1. The number of halogens is 1. The van der Waals surface area contributed by atoms with Crippen LogP contribution in [0.15, 0.2) is 51.8 Å². The molecule has 1 amide bonds. The van der Waals surface area contributed by atoms with E-state index in [0.29, 0.717) is 42.3 Å². The third kappa shape index (κ3) is 5.58. The number of methoxy groups -OCH3 is 1. The van der Waals surface area contributed by atoms with E-state index in [0.717, 1.165) is 33.5 Å². The standard InChI is InChI=1S/C29H35FN6O4/c1-6-40-23-13-19-7-9-35-21(20(19)14-22(23)39-5)15-24(34-26-17(3)11-16(2)12-18(26)4)36(29(35)38)10-8-33-28(37)25(31)27(30)32/h11-15H,6-10,31-32H2,1-5H3,(H,33,37)/b27-25-,34-24?. The number of fused-ring (bicyclic) bond motifs is 3. The van der Waals surface area contributed by atoms with E-state index in [2.05, 4.69) is 5.32 Å². The van der Waals surface area contributed by atoms with Gasteiger partial charge in [-0.05, 0) is 62.9 Å². The summed E-state index contributed by atoms with van der Waals surface area (Å²) in [5.41, 5.74) is 16.2. The zero-order valence-corrected chi connectivity index (χ0v) is 23.4. The minimum atomic E-state index is -1.26. The zero-order valence-electron chi connectivity index (χ0n) is 23.4. The molecule has 0 aliphatic carbocycles. The first-order valence-electron chi connectivity index (χ1n) is 13.1. The molecular formula is C29H35FN6O4. The van der Waals surface area contributed by atoms with Crippen molar-refractivity contribution >= 4 is 11.6 Å². The van der Waals surface area contributed by atoms with E-state index in [4.69, 9.17) is 25.9 Å². The number of nitrogens with one attached hydrogen (secondary N) is 1. The van der Waals surface area contributed by atoms with Crippen molar-refractivity contribution in [1.29, 1.82) is 0 Å². The lowest BCUT2D eigenvalue weighted by Crippen LogP contribution is -2.44. The van der Waals surface area contributed by atoms with Gasteiger partial charge >= 0.3 is 5.69 Å². The molecule has 1 aliphatic rings. The minimum Gasteiger partial charge on any atom is -0.493 e. The molecular weight excluding hydrogens is 515 g/mol. The Morgan fingerprint density at radius 2 is 1.80 bits per heavy atom.